The average Bonchev–Trinajstić information content (AvgIpc) is 3.29. The van der Waals surface area contributed by atoms with Crippen LogP contribution in [0.1, 0.15) is 21.5 Å². The van der Waals surface area contributed by atoms with E-state index in [1.54, 1.807) is 6.92 Å². The molecule has 0 aliphatic carbocycles. The molecule has 0 saturated heterocycles. The van der Waals surface area contributed by atoms with Crippen molar-refractivity contribution in [2.75, 3.05) is 24.9 Å². The maximum absolute atomic E-state index is 13.4. The smallest absolute Gasteiger partial charge is 0.339 e. The maximum Gasteiger partial charge on any atom is 0.339 e. The Balaban J connectivity index is 1.20. The molecule has 0 heterocycles. The van der Waals surface area contributed by atoms with Crippen LogP contribution < -0.4 is 24.3 Å². The number of methoxy groups -OCH3 is 2. The first-order valence-electron chi connectivity index (χ1n) is 20.0. The van der Waals surface area contributed by atoms with E-state index in [0.717, 1.165) is 30.3 Å². The molecule has 72 heavy (non-hydrogen) atoms. The topological polar surface area (TPSA) is 373 Å². The lowest BCUT2D eigenvalue weighted by atomic mass is 10.1. The number of fused-ring (bicyclic) bond motifs is 2. The number of hydrogen-bond acceptors (Lipinski definition) is 18. The number of nitrogens with zero attached hydrogens (tertiary/aromatic N) is 4. The van der Waals surface area contributed by atoms with E-state index in [1.807, 2.05) is 0 Å². The third kappa shape index (κ3) is 11.2. The molecule has 7 rings (SSSR count). The number of azo groups is 2. The fourth-order valence-electron chi connectivity index (χ4n) is 6.89. The zero-order valence-electron chi connectivity index (χ0n) is 37.3. The molecule has 0 aromatic heterocycles. The van der Waals surface area contributed by atoms with E-state index in [-0.39, 0.29) is 71.8 Å². The number of carboxylic acid groups (broad SMARTS) is 1. The highest BCUT2D eigenvalue weighted by Crippen LogP contribution is 2.44. The van der Waals surface area contributed by atoms with Crippen molar-refractivity contribution in [2.45, 2.75) is 33.4 Å². The number of hydrogen-bond donors (Lipinski definition) is 7. The summed E-state index contributed by atoms with van der Waals surface area (Å²) in [5, 5.41) is 41.0. The molecule has 0 aliphatic rings. The minimum atomic E-state index is -5.10. The van der Waals surface area contributed by atoms with E-state index in [2.05, 4.69) is 31.1 Å². The van der Waals surface area contributed by atoms with Crippen molar-refractivity contribution < 1.29 is 80.8 Å². The summed E-state index contributed by atoms with van der Waals surface area (Å²) in [7, 11) is -17.5. The van der Waals surface area contributed by atoms with Crippen LogP contribution in [0.25, 0.3) is 21.5 Å². The zero-order chi connectivity index (χ0) is 52.7. The van der Waals surface area contributed by atoms with Crippen LogP contribution in [0.2, 0.25) is 0 Å². The van der Waals surface area contributed by atoms with Crippen LogP contribution in [0.3, 0.4) is 0 Å². The van der Waals surface area contributed by atoms with Crippen molar-refractivity contribution >= 4 is 108 Å². The van der Waals surface area contributed by atoms with Gasteiger partial charge in [-0.2, -0.15) is 38.8 Å². The van der Waals surface area contributed by atoms with Gasteiger partial charge in [-0.15, -0.1) is 15.3 Å². The number of nitrogens with one attached hydrogen (secondary N) is 2. The van der Waals surface area contributed by atoms with E-state index >= 15 is 0 Å². The Labute approximate surface area is 408 Å². The van der Waals surface area contributed by atoms with E-state index < -0.39 is 90.0 Å². The van der Waals surface area contributed by atoms with Gasteiger partial charge in [-0.3, -0.25) is 13.7 Å². The lowest BCUT2D eigenvalue weighted by molar-refractivity contribution is 0.0696. The molecule has 0 aliphatic heterocycles. The Hall–Kier alpha value is -8.12. The van der Waals surface area contributed by atoms with Crippen molar-refractivity contribution in [2.24, 2.45) is 20.5 Å². The zero-order valence-corrected chi connectivity index (χ0v) is 40.5. The number of ether oxygens (including phenoxy) is 2. The van der Waals surface area contributed by atoms with Crippen LogP contribution in [0.15, 0.2) is 143 Å². The van der Waals surface area contributed by atoms with Crippen LogP contribution in [0.4, 0.5) is 38.9 Å². The Morgan fingerprint density at radius 3 is 1.81 bits per heavy atom. The number of amides is 2. The Kier molecular flexibility index (Phi) is 14.1. The first-order chi connectivity index (χ1) is 33.7. The number of carboxylic acids is 1. The molecule has 24 nitrogen and oxygen atoms in total. The highest BCUT2D eigenvalue weighted by Gasteiger charge is 2.26. The molecule has 28 heteroatoms. The fourth-order valence-corrected chi connectivity index (χ4v) is 9.55. The second-order valence-corrected chi connectivity index (χ2v) is 21.0. The molecule has 374 valence electrons. The number of carbonyl (C=O) groups excluding carboxylic acids is 1. The molecule has 7 aromatic rings. The average molecular weight is 1070 g/mol. The quantitative estimate of drug-likeness (QED) is 0.0286. The molecule has 2 amide bonds. The first-order valence-corrected chi connectivity index (χ1v) is 25.8. The van der Waals surface area contributed by atoms with Crippen molar-refractivity contribution in [3.05, 3.63) is 120 Å². The molecule has 0 atom stereocenters. The number of anilines is 2. The third-order valence-corrected chi connectivity index (χ3v) is 14.1. The van der Waals surface area contributed by atoms with Gasteiger partial charge in [0.1, 0.15) is 32.7 Å². The standard InChI is InChI=1S/C44H36N6O18S4/c1-22-5-9-28(10-6-22)72(64,65)68-38-20-30(70(58,59)60)16-26-15-29(69(55,56)57)19-35(40(26)38)49-47-32-21-37(67-4)33(13-23(32)2)46-44(54)45-27-8-11-31-25(14-27)18-39(71(61,62)63)41(42(31)51)50-48-34-17-24(43(52)53)7-12-36(34)66-3/h5-21,51H,1-4H3,(H,52,53)(H2,45,46,54)(H,55,56,57)(H,58,59,60)(H,61,62,63). The number of carbonyl (C=O) groups is 2. The van der Waals surface area contributed by atoms with Gasteiger partial charge in [0.2, 0.25) is 0 Å². The van der Waals surface area contributed by atoms with Crippen LogP contribution in [-0.4, -0.2) is 83.8 Å². The summed E-state index contributed by atoms with van der Waals surface area (Å²) in [6.07, 6.45) is 0. The molecule has 0 spiro atoms. The minimum Gasteiger partial charge on any atom is -0.505 e. The molecule has 0 saturated carbocycles. The molecular weight excluding hydrogens is 1030 g/mol. The number of benzene rings is 7. The summed E-state index contributed by atoms with van der Waals surface area (Å²) in [4.78, 5) is 21.9. The summed E-state index contributed by atoms with van der Waals surface area (Å²) in [6.45, 7) is 3.22. The van der Waals surface area contributed by atoms with Gasteiger partial charge in [0, 0.05) is 23.2 Å². The second-order valence-electron chi connectivity index (χ2n) is 15.3. The van der Waals surface area contributed by atoms with E-state index in [4.69, 9.17) is 13.7 Å². The first kappa shape index (κ1) is 51.7. The van der Waals surface area contributed by atoms with Gasteiger partial charge < -0.3 is 34.5 Å². The van der Waals surface area contributed by atoms with Crippen molar-refractivity contribution in [1.82, 2.24) is 0 Å². The van der Waals surface area contributed by atoms with Crippen LogP contribution in [-0.2, 0) is 40.5 Å². The lowest BCUT2D eigenvalue weighted by Crippen LogP contribution is -2.19. The number of phenolic OH excluding ortho intramolecular Hbond substituents is 1. The fraction of sp³-hybridized carbons (Fsp3) is 0.0909. The van der Waals surface area contributed by atoms with E-state index in [1.165, 1.54) is 87.9 Å². The van der Waals surface area contributed by atoms with Crippen molar-refractivity contribution in [3.63, 3.8) is 0 Å². The largest absolute Gasteiger partial charge is 0.505 e. The monoisotopic (exact) mass is 1060 g/mol. The molecule has 0 fully saturated rings. The number of phenols is 1. The summed E-state index contributed by atoms with van der Waals surface area (Å²) < 4.78 is 147. The van der Waals surface area contributed by atoms with Gasteiger partial charge in [-0.1, -0.05) is 17.7 Å². The van der Waals surface area contributed by atoms with Gasteiger partial charge in [0.25, 0.3) is 30.4 Å². The van der Waals surface area contributed by atoms with Crippen molar-refractivity contribution in [1.29, 1.82) is 0 Å². The molecule has 7 N–H and O–H groups in total. The van der Waals surface area contributed by atoms with Gasteiger partial charge in [0.05, 0.1) is 52.0 Å². The molecular formula is C44H36N6O18S4. The lowest BCUT2D eigenvalue weighted by Gasteiger charge is -2.15. The summed E-state index contributed by atoms with van der Waals surface area (Å²) in [6, 6.07) is 18.7. The predicted molar refractivity (Wildman–Crippen MR) is 257 cm³/mol. The predicted octanol–water partition coefficient (Wildman–Crippen LogP) is 9.01. The highest BCUT2D eigenvalue weighted by atomic mass is 32.2. The van der Waals surface area contributed by atoms with Crippen molar-refractivity contribution in [3.8, 4) is 23.0 Å². The van der Waals surface area contributed by atoms with Gasteiger partial charge in [-0.05, 0) is 109 Å². The highest BCUT2D eigenvalue weighted by molar-refractivity contribution is 7.87. The Morgan fingerprint density at radius 1 is 0.569 bits per heavy atom. The maximum atomic E-state index is 13.4. The van der Waals surface area contributed by atoms with Crippen LogP contribution in [0, 0.1) is 13.8 Å². The van der Waals surface area contributed by atoms with Gasteiger partial charge in [0.15, 0.2) is 11.5 Å². The Bertz CT molecular complexity index is 3940. The third-order valence-electron chi connectivity index (χ3n) is 10.3. The molecule has 0 unspecified atom stereocenters. The molecule has 0 radical (unpaired) electrons. The van der Waals surface area contributed by atoms with Crippen LogP contribution in [0.5, 0.6) is 23.0 Å². The molecule has 7 aromatic carbocycles. The summed E-state index contributed by atoms with van der Waals surface area (Å²) in [5.74, 6) is -2.76. The normalized spacial score (nSPS) is 12.4. The summed E-state index contributed by atoms with van der Waals surface area (Å²) >= 11 is 0. The number of aromatic hydroxyl groups is 1. The summed E-state index contributed by atoms with van der Waals surface area (Å²) in [5.41, 5.74) is -0.423. The number of aromatic carboxylic acids is 1. The number of urea groups is 1. The van der Waals surface area contributed by atoms with Gasteiger partial charge >= 0.3 is 22.1 Å². The SMILES string of the molecule is COc1ccc(C(=O)O)cc1N=Nc1c(S(=O)(=O)O)cc2cc(NC(=O)Nc3cc(C)c(N=Nc4cc(S(=O)(=O)O)cc5cc(S(=O)(=O)O)cc(OS(=O)(=O)c6ccc(C)cc6)c45)cc3OC)ccc2c1O. The minimum absolute atomic E-state index is 0.00722. The van der Waals surface area contributed by atoms with E-state index in [0.29, 0.717) is 11.6 Å². The van der Waals surface area contributed by atoms with Gasteiger partial charge in [-0.25, -0.2) is 9.59 Å². The van der Waals surface area contributed by atoms with E-state index in [9.17, 15) is 67.1 Å². The number of aryl methyl sites for hydroxylation is 2. The van der Waals surface area contributed by atoms with Crippen LogP contribution >= 0.6 is 0 Å². The second kappa shape index (κ2) is 19.6. The molecule has 0 bridgehead atoms. The number of rotatable bonds is 15. The Morgan fingerprint density at radius 2 is 1.19 bits per heavy atom.